The maximum absolute atomic E-state index is 6.43. The summed E-state index contributed by atoms with van der Waals surface area (Å²) < 4.78 is 0. The zero-order chi connectivity index (χ0) is 11.3. The lowest BCUT2D eigenvalue weighted by molar-refractivity contribution is 0.786. The summed E-state index contributed by atoms with van der Waals surface area (Å²) in [5.41, 5.74) is 4.10. The molecule has 0 heterocycles. The molecule has 0 aromatic heterocycles. The fraction of sp³-hybridized carbons (Fsp3) is 0.571. The number of benzene rings is 1. The molecule has 0 radical (unpaired) electrons. The summed E-state index contributed by atoms with van der Waals surface area (Å²) in [6, 6.07) is 4.42. The standard InChI is InChI=1S/C14H21Cl/c1-4-7-8-13-11(5-2)9-10-12(6-3)14(13)15/h9-10H,4-8H2,1-3H3. The fourth-order valence-electron chi connectivity index (χ4n) is 1.94. The summed E-state index contributed by atoms with van der Waals surface area (Å²) in [6.07, 6.45) is 5.72. The summed E-state index contributed by atoms with van der Waals surface area (Å²) in [7, 11) is 0. The third-order valence-electron chi connectivity index (χ3n) is 2.96. The van der Waals surface area contributed by atoms with E-state index in [-0.39, 0.29) is 0 Å². The van der Waals surface area contributed by atoms with Gasteiger partial charge in [-0.3, -0.25) is 0 Å². The van der Waals surface area contributed by atoms with Crippen LogP contribution in [0.2, 0.25) is 5.02 Å². The minimum atomic E-state index is 1.02. The molecule has 1 aromatic rings. The third-order valence-corrected chi connectivity index (χ3v) is 3.43. The molecule has 0 unspecified atom stereocenters. The van der Waals surface area contributed by atoms with E-state index in [1.165, 1.54) is 29.5 Å². The lowest BCUT2D eigenvalue weighted by Crippen LogP contribution is -1.97. The fourth-order valence-corrected chi connectivity index (χ4v) is 2.35. The topological polar surface area (TPSA) is 0 Å². The van der Waals surface area contributed by atoms with Crippen LogP contribution in [-0.2, 0) is 19.3 Å². The van der Waals surface area contributed by atoms with Crippen LogP contribution in [0, 0.1) is 0 Å². The first kappa shape index (κ1) is 12.6. The molecule has 1 heteroatoms. The number of aryl methyl sites for hydroxylation is 2. The Bertz CT molecular complexity index is 315. The van der Waals surface area contributed by atoms with Crippen molar-refractivity contribution in [1.29, 1.82) is 0 Å². The van der Waals surface area contributed by atoms with Crippen LogP contribution in [0.3, 0.4) is 0 Å². The Labute approximate surface area is 98.7 Å². The van der Waals surface area contributed by atoms with E-state index in [9.17, 15) is 0 Å². The monoisotopic (exact) mass is 224 g/mol. The van der Waals surface area contributed by atoms with E-state index in [1.807, 2.05) is 0 Å². The van der Waals surface area contributed by atoms with Gasteiger partial charge < -0.3 is 0 Å². The number of halogens is 1. The summed E-state index contributed by atoms with van der Waals surface area (Å²) in [5.74, 6) is 0. The summed E-state index contributed by atoms with van der Waals surface area (Å²) >= 11 is 6.43. The third kappa shape index (κ3) is 2.98. The van der Waals surface area contributed by atoms with Crippen molar-refractivity contribution in [3.05, 3.63) is 33.8 Å². The molecule has 0 saturated heterocycles. The van der Waals surface area contributed by atoms with Gasteiger partial charge in [-0.2, -0.15) is 0 Å². The first-order valence-electron chi connectivity index (χ1n) is 6.03. The maximum Gasteiger partial charge on any atom is 0.0472 e. The van der Waals surface area contributed by atoms with Crippen LogP contribution in [-0.4, -0.2) is 0 Å². The maximum atomic E-state index is 6.43. The zero-order valence-electron chi connectivity index (χ0n) is 10.1. The first-order chi connectivity index (χ1) is 7.24. The number of unbranched alkanes of at least 4 members (excludes halogenated alkanes) is 1. The van der Waals surface area contributed by atoms with Crippen LogP contribution in [0.15, 0.2) is 12.1 Å². The second-order valence-corrected chi connectivity index (χ2v) is 4.36. The molecule has 1 rings (SSSR count). The molecule has 15 heavy (non-hydrogen) atoms. The SMILES string of the molecule is CCCCc1c(CC)ccc(CC)c1Cl. The molecule has 84 valence electrons. The summed E-state index contributed by atoms with van der Waals surface area (Å²) in [4.78, 5) is 0. The molecule has 0 atom stereocenters. The van der Waals surface area contributed by atoms with E-state index in [0.29, 0.717) is 0 Å². The minimum absolute atomic E-state index is 1.02. The summed E-state index contributed by atoms with van der Waals surface area (Å²) in [6.45, 7) is 6.59. The Morgan fingerprint density at radius 2 is 1.60 bits per heavy atom. The summed E-state index contributed by atoms with van der Waals surface area (Å²) in [5, 5.41) is 1.02. The van der Waals surface area contributed by atoms with Gasteiger partial charge in [-0.1, -0.05) is 50.9 Å². The van der Waals surface area contributed by atoms with E-state index in [4.69, 9.17) is 11.6 Å². The van der Waals surface area contributed by atoms with E-state index in [2.05, 4.69) is 32.9 Å². The number of rotatable bonds is 5. The Balaban J connectivity index is 3.05. The molecule has 0 amide bonds. The van der Waals surface area contributed by atoms with Gasteiger partial charge in [-0.05, 0) is 42.4 Å². The average Bonchev–Trinajstić information content (AvgIpc) is 2.27. The van der Waals surface area contributed by atoms with Crippen LogP contribution in [0.1, 0.15) is 50.3 Å². The van der Waals surface area contributed by atoms with Crippen LogP contribution < -0.4 is 0 Å². The van der Waals surface area contributed by atoms with Crippen molar-refractivity contribution >= 4 is 11.6 Å². The molecule has 0 fully saturated rings. The molecule has 0 spiro atoms. The van der Waals surface area contributed by atoms with Crippen molar-refractivity contribution in [1.82, 2.24) is 0 Å². The highest BCUT2D eigenvalue weighted by Crippen LogP contribution is 2.27. The van der Waals surface area contributed by atoms with E-state index < -0.39 is 0 Å². The second kappa shape index (κ2) is 6.17. The predicted octanol–water partition coefficient (Wildman–Crippen LogP) is 4.81. The van der Waals surface area contributed by atoms with Crippen molar-refractivity contribution < 1.29 is 0 Å². The quantitative estimate of drug-likeness (QED) is 0.674. The van der Waals surface area contributed by atoms with Crippen LogP contribution in [0.5, 0.6) is 0 Å². The molecule has 0 aliphatic carbocycles. The van der Waals surface area contributed by atoms with Gasteiger partial charge in [0.05, 0.1) is 0 Å². The van der Waals surface area contributed by atoms with Crippen molar-refractivity contribution in [2.45, 2.75) is 52.9 Å². The van der Waals surface area contributed by atoms with Gasteiger partial charge in [0, 0.05) is 5.02 Å². The van der Waals surface area contributed by atoms with Crippen LogP contribution in [0.4, 0.5) is 0 Å². The van der Waals surface area contributed by atoms with E-state index in [1.54, 1.807) is 0 Å². The Morgan fingerprint density at radius 1 is 1.00 bits per heavy atom. The Hall–Kier alpha value is -0.490. The molecule has 0 aliphatic heterocycles. The lowest BCUT2D eigenvalue weighted by atomic mass is 9.96. The number of hydrogen-bond acceptors (Lipinski definition) is 0. The van der Waals surface area contributed by atoms with Gasteiger partial charge >= 0.3 is 0 Å². The molecule has 1 aromatic carbocycles. The first-order valence-corrected chi connectivity index (χ1v) is 6.41. The van der Waals surface area contributed by atoms with Gasteiger partial charge in [0.15, 0.2) is 0 Å². The van der Waals surface area contributed by atoms with Gasteiger partial charge in [0.2, 0.25) is 0 Å². The smallest absolute Gasteiger partial charge is 0.0472 e. The second-order valence-electron chi connectivity index (χ2n) is 3.99. The highest BCUT2D eigenvalue weighted by molar-refractivity contribution is 6.32. The van der Waals surface area contributed by atoms with Gasteiger partial charge in [0.1, 0.15) is 0 Å². The molecular formula is C14H21Cl. The Kier molecular flexibility index (Phi) is 5.17. The van der Waals surface area contributed by atoms with Crippen LogP contribution in [0.25, 0.3) is 0 Å². The molecular weight excluding hydrogens is 204 g/mol. The van der Waals surface area contributed by atoms with Gasteiger partial charge in [0.25, 0.3) is 0 Å². The minimum Gasteiger partial charge on any atom is -0.0837 e. The molecule has 0 bridgehead atoms. The lowest BCUT2D eigenvalue weighted by Gasteiger charge is -2.13. The predicted molar refractivity (Wildman–Crippen MR) is 68.8 cm³/mol. The Morgan fingerprint density at radius 3 is 2.13 bits per heavy atom. The molecule has 0 N–H and O–H groups in total. The van der Waals surface area contributed by atoms with Gasteiger partial charge in [-0.15, -0.1) is 0 Å². The van der Waals surface area contributed by atoms with E-state index in [0.717, 1.165) is 24.3 Å². The normalized spacial score (nSPS) is 10.7. The van der Waals surface area contributed by atoms with Crippen molar-refractivity contribution in [3.63, 3.8) is 0 Å². The molecule has 0 aliphatic rings. The average molecular weight is 225 g/mol. The molecule has 0 saturated carbocycles. The zero-order valence-corrected chi connectivity index (χ0v) is 10.8. The van der Waals surface area contributed by atoms with E-state index >= 15 is 0 Å². The number of hydrogen-bond donors (Lipinski definition) is 0. The van der Waals surface area contributed by atoms with Gasteiger partial charge in [-0.25, -0.2) is 0 Å². The highest BCUT2D eigenvalue weighted by atomic mass is 35.5. The molecule has 0 nitrogen and oxygen atoms in total. The highest BCUT2D eigenvalue weighted by Gasteiger charge is 2.09. The van der Waals surface area contributed by atoms with Crippen molar-refractivity contribution in [2.24, 2.45) is 0 Å². The van der Waals surface area contributed by atoms with Crippen LogP contribution >= 0.6 is 11.6 Å². The largest absolute Gasteiger partial charge is 0.0837 e. The van der Waals surface area contributed by atoms with Crippen molar-refractivity contribution in [2.75, 3.05) is 0 Å². The van der Waals surface area contributed by atoms with Crippen molar-refractivity contribution in [3.8, 4) is 0 Å².